The third kappa shape index (κ3) is 3.54. The molecule has 0 bridgehead atoms. The average molecular weight is 317 g/mol. The number of nitrogens with zero attached hydrogens (tertiary/aromatic N) is 2. The molecule has 1 saturated carbocycles. The smallest absolute Gasteiger partial charge is 0.317 e. The second-order valence-electron chi connectivity index (χ2n) is 7.38. The fraction of sp³-hybridized carbons (Fsp3) is 0.611. The highest BCUT2D eigenvalue weighted by Gasteiger charge is 2.36. The molecule has 23 heavy (non-hydrogen) atoms. The maximum absolute atomic E-state index is 12.5. The summed E-state index contributed by atoms with van der Waals surface area (Å²) in [6.45, 7) is 7.51. The van der Waals surface area contributed by atoms with Crippen LogP contribution in [-0.2, 0) is 0 Å². The Morgan fingerprint density at radius 3 is 2.61 bits per heavy atom. The van der Waals surface area contributed by atoms with Crippen molar-refractivity contribution in [2.24, 2.45) is 5.41 Å². The van der Waals surface area contributed by atoms with E-state index in [4.69, 9.17) is 0 Å². The molecule has 1 saturated heterocycles. The summed E-state index contributed by atoms with van der Waals surface area (Å²) >= 11 is 0. The molecule has 1 aliphatic heterocycles. The number of hydrogen-bond acceptors (Lipinski definition) is 3. The van der Waals surface area contributed by atoms with Gasteiger partial charge in [-0.15, -0.1) is 0 Å². The molecule has 5 nitrogen and oxygen atoms in total. The first-order valence-corrected chi connectivity index (χ1v) is 8.55. The molecule has 2 aliphatic rings. The molecule has 2 fully saturated rings. The molecule has 2 N–H and O–H groups in total. The number of phenols is 1. The summed E-state index contributed by atoms with van der Waals surface area (Å²) in [4.78, 5) is 16.6. The zero-order chi connectivity index (χ0) is 16.4. The number of benzene rings is 1. The first kappa shape index (κ1) is 16.0. The SMILES string of the molecule is CC1(C)CCCC1NC(=O)N1CCN(c2cccc(O)c2)CC1. The second-order valence-corrected chi connectivity index (χ2v) is 7.38. The topological polar surface area (TPSA) is 55.8 Å². The predicted octanol–water partition coefficient (Wildman–Crippen LogP) is 2.80. The first-order valence-electron chi connectivity index (χ1n) is 8.55. The lowest BCUT2D eigenvalue weighted by molar-refractivity contribution is 0.179. The third-order valence-electron chi connectivity index (χ3n) is 5.32. The normalized spacial score (nSPS) is 23.8. The van der Waals surface area contributed by atoms with E-state index in [1.54, 1.807) is 12.1 Å². The van der Waals surface area contributed by atoms with Crippen LogP contribution in [0.3, 0.4) is 0 Å². The Morgan fingerprint density at radius 2 is 2.00 bits per heavy atom. The highest BCUT2D eigenvalue weighted by atomic mass is 16.3. The number of piperazine rings is 1. The Hall–Kier alpha value is -1.91. The summed E-state index contributed by atoms with van der Waals surface area (Å²) in [6, 6.07) is 7.66. The Bertz CT molecular complexity index is 565. The molecule has 2 amide bonds. The predicted molar refractivity (Wildman–Crippen MR) is 91.8 cm³/mol. The number of rotatable bonds is 2. The maximum atomic E-state index is 12.5. The van der Waals surface area contributed by atoms with Gasteiger partial charge in [-0.1, -0.05) is 26.3 Å². The highest BCUT2D eigenvalue weighted by molar-refractivity contribution is 5.75. The van der Waals surface area contributed by atoms with E-state index in [9.17, 15) is 9.90 Å². The molecule has 1 aliphatic carbocycles. The van der Waals surface area contributed by atoms with Gasteiger partial charge in [0, 0.05) is 44.0 Å². The van der Waals surface area contributed by atoms with E-state index in [1.165, 1.54) is 12.8 Å². The van der Waals surface area contributed by atoms with E-state index in [0.29, 0.717) is 19.1 Å². The summed E-state index contributed by atoms with van der Waals surface area (Å²) in [5, 5.41) is 12.8. The molecule has 0 spiro atoms. The Kier molecular flexibility index (Phi) is 4.37. The number of carbonyl (C=O) groups is 1. The number of hydrogen-bond donors (Lipinski definition) is 2. The van der Waals surface area contributed by atoms with Crippen LogP contribution in [0.4, 0.5) is 10.5 Å². The van der Waals surface area contributed by atoms with Crippen LogP contribution in [0.1, 0.15) is 33.1 Å². The molecule has 3 rings (SSSR count). The van der Waals surface area contributed by atoms with Crippen molar-refractivity contribution in [3.63, 3.8) is 0 Å². The van der Waals surface area contributed by atoms with Gasteiger partial charge in [0.1, 0.15) is 5.75 Å². The van der Waals surface area contributed by atoms with Gasteiger partial charge in [0.2, 0.25) is 0 Å². The molecule has 1 atom stereocenters. The summed E-state index contributed by atoms with van der Waals surface area (Å²) in [5.74, 6) is 0.283. The zero-order valence-corrected chi connectivity index (χ0v) is 14.1. The van der Waals surface area contributed by atoms with E-state index in [-0.39, 0.29) is 17.2 Å². The number of anilines is 1. The molecular formula is C18H27N3O2. The van der Waals surface area contributed by atoms with Crippen molar-refractivity contribution in [2.75, 3.05) is 31.1 Å². The van der Waals surface area contributed by atoms with Crippen LogP contribution in [0.15, 0.2) is 24.3 Å². The van der Waals surface area contributed by atoms with Crippen molar-refractivity contribution < 1.29 is 9.90 Å². The summed E-state index contributed by atoms with van der Waals surface area (Å²) in [6.07, 6.45) is 3.47. The van der Waals surface area contributed by atoms with Crippen LogP contribution in [0.25, 0.3) is 0 Å². The number of carbonyl (C=O) groups excluding carboxylic acids is 1. The minimum atomic E-state index is 0.0699. The Balaban J connectivity index is 1.53. The number of aromatic hydroxyl groups is 1. The quantitative estimate of drug-likeness (QED) is 0.882. The fourth-order valence-electron chi connectivity index (χ4n) is 3.69. The molecular weight excluding hydrogens is 290 g/mol. The first-order chi connectivity index (χ1) is 11.0. The van der Waals surface area contributed by atoms with Crippen LogP contribution < -0.4 is 10.2 Å². The van der Waals surface area contributed by atoms with Gasteiger partial charge in [-0.2, -0.15) is 0 Å². The van der Waals surface area contributed by atoms with Gasteiger partial charge in [0.05, 0.1) is 0 Å². The number of urea groups is 1. The summed E-state index contributed by atoms with van der Waals surface area (Å²) < 4.78 is 0. The van der Waals surface area contributed by atoms with E-state index in [1.807, 2.05) is 17.0 Å². The molecule has 0 radical (unpaired) electrons. The molecule has 126 valence electrons. The third-order valence-corrected chi connectivity index (χ3v) is 5.32. The molecule has 1 unspecified atom stereocenters. The molecule has 5 heteroatoms. The van der Waals surface area contributed by atoms with E-state index in [2.05, 4.69) is 24.1 Å². The van der Waals surface area contributed by atoms with Crippen molar-refractivity contribution >= 4 is 11.7 Å². The van der Waals surface area contributed by atoms with Crippen molar-refractivity contribution in [1.29, 1.82) is 0 Å². The van der Waals surface area contributed by atoms with Gasteiger partial charge in [0.15, 0.2) is 0 Å². The van der Waals surface area contributed by atoms with Crippen LogP contribution in [0, 0.1) is 5.41 Å². The van der Waals surface area contributed by atoms with Crippen molar-refractivity contribution in [3.05, 3.63) is 24.3 Å². The minimum absolute atomic E-state index is 0.0699. The van der Waals surface area contributed by atoms with Gasteiger partial charge >= 0.3 is 6.03 Å². The number of nitrogens with one attached hydrogen (secondary N) is 1. The fourth-order valence-corrected chi connectivity index (χ4v) is 3.69. The largest absolute Gasteiger partial charge is 0.508 e. The standard InChI is InChI=1S/C18H27N3O2/c1-18(2)8-4-7-16(18)19-17(23)21-11-9-20(10-12-21)14-5-3-6-15(22)13-14/h3,5-6,13,16,22H,4,7-12H2,1-2H3,(H,19,23). The van der Waals surface area contributed by atoms with Crippen LogP contribution in [0.5, 0.6) is 5.75 Å². The molecule has 1 heterocycles. The molecule has 1 aromatic rings. The van der Waals surface area contributed by atoms with Crippen molar-refractivity contribution in [2.45, 2.75) is 39.2 Å². The lowest BCUT2D eigenvalue weighted by Crippen LogP contribution is -2.54. The maximum Gasteiger partial charge on any atom is 0.317 e. The zero-order valence-electron chi connectivity index (χ0n) is 14.1. The molecule has 0 aromatic heterocycles. The Morgan fingerprint density at radius 1 is 1.26 bits per heavy atom. The van der Waals surface area contributed by atoms with Crippen LogP contribution in [0.2, 0.25) is 0 Å². The summed E-state index contributed by atoms with van der Waals surface area (Å²) in [7, 11) is 0. The second kappa shape index (κ2) is 6.30. The minimum Gasteiger partial charge on any atom is -0.508 e. The van der Waals surface area contributed by atoms with Gasteiger partial charge in [0.25, 0.3) is 0 Å². The highest BCUT2D eigenvalue weighted by Crippen LogP contribution is 2.37. The lowest BCUT2D eigenvalue weighted by Gasteiger charge is -2.37. The van der Waals surface area contributed by atoms with Crippen molar-refractivity contribution in [3.8, 4) is 5.75 Å². The van der Waals surface area contributed by atoms with Gasteiger partial charge < -0.3 is 20.2 Å². The van der Waals surface area contributed by atoms with E-state index in [0.717, 1.165) is 25.2 Å². The lowest BCUT2D eigenvalue weighted by atomic mass is 9.87. The molecule has 1 aromatic carbocycles. The van der Waals surface area contributed by atoms with Crippen LogP contribution >= 0.6 is 0 Å². The Labute approximate surface area is 138 Å². The summed E-state index contributed by atoms with van der Waals surface area (Å²) in [5.41, 5.74) is 1.22. The van der Waals surface area contributed by atoms with Gasteiger partial charge in [-0.25, -0.2) is 4.79 Å². The average Bonchev–Trinajstić information content (AvgIpc) is 2.86. The van der Waals surface area contributed by atoms with Gasteiger partial charge in [-0.3, -0.25) is 0 Å². The van der Waals surface area contributed by atoms with E-state index >= 15 is 0 Å². The monoisotopic (exact) mass is 317 g/mol. The van der Waals surface area contributed by atoms with Gasteiger partial charge in [-0.05, 0) is 30.4 Å². The number of phenolic OH excluding ortho intramolecular Hbond substituents is 1. The number of amides is 2. The van der Waals surface area contributed by atoms with Crippen molar-refractivity contribution in [1.82, 2.24) is 10.2 Å². The van der Waals surface area contributed by atoms with Crippen LogP contribution in [-0.4, -0.2) is 48.3 Å². The van der Waals surface area contributed by atoms with E-state index < -0.39 is 0 Å².